The molecule has 25 heavy (non-hydrogen) atoms. The zero-order valence-corrected chi connectivity index (χ0v) is 16.8. The van der Waals surface area contributed by atoms with Gasteiger partial charge >= 0.3 is 12.2 Å². The summed E-state index contributed by atoms with van der Waals surface area (Å²) in [6.45, 7) is 10.2. The lowest BCUT2D eigenvalue weighted by Gasteiger charge is -2.26. The van der Waals surface area contributed by atoms with Crippen molar-refractivity contribution in [1.82, 2.24) is 10.6 Å². The molecule has 0 aliphatic heterocycles. The zero-order chi connectivity index (χ0) is 19.9. The average Bonchev–Trinajstić information content (AvgIpc) is 2.27. The molecule has 9 nitrogen and oxygen atoms in total. The number of ether oxygens (including phenoxy) is 2. The van der Waals surface area contributed by atoms with E-state index in [0.29, 0.717) is 0 Å². The Hall–Kier alpha value is -1.55. The van der Waals surface area contributed by atoms with Crippen LogP contribution in [0.3, 0.4) is 0 Å². The number of alkyl carbamates (subject to hydrolysis) is 2. The van der Waals surface area contributed by atoms with Crippen LogP contribution in [0.25, 0.3) is 0 Å². The van der Waals surface area contributed by atoms with Gasteiger partial charge in [-0.15, -0.1) is 0 Å². The van der Waals surface area contributed by atoms with Crippen LogP contribution in [-0.4, -0.2) is 50.8 Å². The number of carbonyl (C=O) groups is 2. The van der Waals surface area contributed by atoms with Crippen molar-refractivity contribution in [3.05, 3.63) is 0 Å². The largest absolute Gasteiger partial charge is 0.444 e. The third-order valence-electron chi connectivity index (χ3n) is 2.32. The molecule has 0 spiro atoms. The van der Waals surface area contributed by atoms with Gasteiger partial charge in [0.15, 0.2) is 0 Å². The lowest BCUT2D eigenvalue weighted by atomic mass is 10.2. The Kier molecular flexibility index (Phi) is 8.66. The van der Waals surface area contributed by atoms with Gasteiger partial charge in [-0.2, -0.15) is 8.42 Å². The van der Waals surface area contributed by atoms with Crippen LogP contribution in [0.15, 0.2) is 0 Å². The topological polar surface area (TPSA) is 120 Å². The molecule has 0 aliphatic rings. The highest BCUT2D eigenvalue weighted by Crippen LogP contribution is 2.09. The number of carbonyl (C=O) groups excluding carboxylic acids is 2. The van der Waals surface area contributed by atoms with Gasteiger partial charge in [-0.25, -0.2) is 9.59 Å². The molecule has 0 aromatic rings. The Balaban J connectivity index is 4.69. The molecule has 0 saturated carbocycles. The van der Waals surface area contributed by atoms with Crippen molar-refractivity contribution < 1.29 is 31.7 Å². The molecule has 2 amide bonds. The molecule has 148 valence electrons. The highest BCUT2D eigenvalue weighted by molar-refractivity contribution is 7.85. The maximum Gasteiger partial charge on any atom is 0.409 e. The van der Waals surface area contributed by atoms with Gasteiger partial charge in [-0.05, 0) is 54.4 Å². The van der Waals surface area contributed by atoms with Gasteiger partial charge in [0.25, 0.3) is 10.1 Å². The Morgan fingerprint density at radius 3 is 1.64 bits per heavy atom. The Morgan fingerprint density at radius 2 is 1.32 bits per heavy atom. The van der Waals surface area contributed by atoms with Gasteiger partial charge in [0.1, 0.15) is 17.4 Å². The van der Waals surface area contributed by atoms with E-state index in [1.807, 2.05) is 0 Å². The van der Waals surface area contributed by atoms with Gasteiger partial charge in [0.2, 0.25) is 0 Å². The maximum atomic E-state index is 11.9. The molecular formula is C15H30N2O7S. The van der Waals surface area contributed by atoms with E-state index < -0.39 is 39.7 Å². The summed E-state index contributed by atoms with van der Waals surface area (Å²) in [5.41, 5.74) is -1.39. The van der Waals surface area contributed by atoms with E-state index in [1.54, 1.807) is 41.5 Å². The van der Waals surface area contributed by atoms with Gasteiger partial charge in [0.05, 0.1) is 12.9 Å². The number of rotatable bonds is 7. The molecule has 0 fully saturated rings. The third-order valence-corrected chi connectivity index (χ3v) is 2.91. The summed E-state index contributed by atoms with van der Waals surface area (Å²) in [5.74, 6) is 0. The van der Waals surface area contributed by atoms with Crippen molar-refractivity contribution in [2.45, 2.75) is 71.8 Å². The lowest BCUT2D eigenvalue weighted by Crippen LogP contribution is -2.50. The summed E-state index contributed by atoms with van der Waals surface area (Å²) in [5, 5.41) is 5.02. The van der Waals surface area contributed by atoms with E-state index in [0.717, 1.165) is 6.26 Å². The second-order valence-electron chi connectivity index (χ2n) is 7.51. The summed E-state index contributed by atoms with van der Waals surface area (Å²) in [6.07, 6.45) is -0.761. The van der Waals surface area contributed by atoms with E-state index in [-0.39, 0.29) is 19.4 Å². The van der Waals surface area contributed by atoms with E-state index in [9.17, 15) is 18.0 Å². The molecule has 0 atom stereocenters. The van der Waals surface area contributed by atoms with E-state index in [2.05, 4.69) is 14.8 Å². The quantitative estimate of drug-likeness (QED) is 0.393. The standard InChI is InChI=1S/C15H30N2O7S/c1-14(2,3)23-12(18)16-11(9-8-10-22-25(7,20)21)17-13(19)24-15(4,5)6/h11H,8-10H2,1-7H3,(H,16,18)(H,17,19). The second-order valence-corrected chi connectivity index (χ2v) is 9.16. The van der Waals surface area contributed by atoms with Crippen LogP contribution in [0.1, 0.15) is 54.4 Å². The van der Waals surface area contributed by atoms with Crippen molar-refractivity contribution in [3.8, 4) is 0 Å². The summed E-state index contributed by atoms with van der Waals surface area (Å²) in [7, 11) is -3.54. The summed E-state index contributed by atoms with van der Waals surface area (Å²) in [6, 6.07) is 0. The highest BCUT2D eigenvalue weighted by atomic mass is 32.2. The van der Waals surface area contributed by atoms with Crippen molar-refractivity contribution >= 4 is 22.3 Å². The summed E-state index contributed by atoms with van der Waals surface area (Å²) < 4.78 is 36.8. The van der Waals surface area contributed by atoms with Crippen LogP contribution in [0.5, 0.6) is 0 Å². The first-order chi connectivity index (χ1) is 11.1. The molecule has 0 aromatic heterocycles. The maximum absolute atomic E-state index is 11.9. The molecule has 0 heterocycles. The van der Waals surface area contributed by atoms with Gasteiger partial charge < -0.3 is 20.1 Å². The molecule has 0 aromatic carbocycles. The van der Waals surface area contributed by atoms with Crippen LogP contribution in [0.4, 0.5) is 9.59 Å². The lowest BCUT2D eigenvalue weighted by molar-refractivity contribution is 0.0417. The van der Waals surface area contributed by atoms with E-state index >= 15 is 0 Å². The van der Waals surface area contributed by atoms with Crippen LogP contribution < -0.4 is 10.6 Å². The minimum atomic E-state index is -3.54. The monoisotopic (exact) mass is 382 g/mol. The second kappa shape index (κ2) is 9.23. The first-order valence-corrected chi connectivity index (χ1v) is 9.72. The van der Waals surface area contributed by atoms with Crippen molar-refractivity contribution in [2.24, 2.45) is 0 Å². The van der Waals surface area contributed by atoms with Gasteiger partial charge in [0, 0.05) is 0 Å². The molecular weight excluding hydrogens is 352 g/mol. The van der Waals surface area contributed by atoms with Gasteiger partial charge in [-0.3, -0.25) is 4.18 Å². The van der Waals surface area contributed by atoms with E-state index in [4.69, 9.17) is 9.47 Å². The van der Waals surface area contributed by atoms with Crippen LogP contribution in [0, 0.1) is 0 Å². The fourth-order valence-corrected chi connectivity index (χ4v) is 2.00. The Labute approximate surface area is 149 Å². The third kappa shape index (κ3) is 15.7. The van der Waals surface area contributed by atoms with Crippen molar-refractivity contribution in [1.29, 1.82) is 0 Å². The van der Waals surface area contributed by atoms with Gasteiger partial charge in [-0.1, -0.05) is 0 Å². The highest BCUT2D eigenvalue weighted by Gasteiger charge is 2.23. The molecule has 10 heteroatoms. The molecule has 0 saturated heterocycles. The van der Waals surface area contributed by atoms with Crippen LogP contribution >= 0.6 is 0 Å². The van der Waals surface area contributed by atoms with Crippen LogP contribution in [-0.2, 0) is 23.8 Å². The van der Waals surface area contributed by atoms with E-state index in [1.165, 1.54) is 0 Å². The summed E-state index contributed by atoms with van der Waals surface area (Å²) >= 11 is 0. The van der Waals surface area contributed by atoms with Crippen molar-refractivity contribution in [2.75, 3.05) is 12.9 Å². The fraction of sp³-hybridized carbons (Fsp3) is 0.867. The number of hydrogen-bond acceptors (Lipinski definition) is 7. The Bertz CT molecular complexity index is 517. The predicted molar refractivity (Wildman–Crippen MR) is 92.6 cm³/mol. The molecule has 0 unspecified atom stereocenters. The molecule has 0 aliphatic carbocycles. The minimum absolute atomic E-state index is 0.0681. The Morgan fingerprint density at radius 1 is 0.920 bits per heavy atom. The number of nitrogens with one attached hydrogen (secondary N) is 2. The minimum Gasteiger partial charge on any atom is -0.444 e. The normalized spacial score (nSPS) is 12.6. The molecule has 0 radical (unpaired) electrons. The average molecular weight is 382 g/mol. The summed E-state index contributed by atoms with van der Waals surface area (Å²) in [4.78, 5) is 23.8. The van der Waals surface area contributed by atoms with Crippen LogP contribution in [0.2, 0.25) is 0 Å². The number of amides is 2. The predicted octanol–water partition coefficient (Wildman–Crippen LogP) is 2.12. The molecule has 0 rings (SSSR count). The zero-order valence-electron chi connectivity index (χ0n) is 16.0. The first kappa shape index (κ1) is 23.4. The molecule has 0 bridgehead atoms. The smallest absolute Gasteiger partial charge is 0.409 e. The molecule has 2 N–H and O–H groups in total. The first-order valence-electron chi connectivity index (χ1n) is 7.91. The fourth-order valence-electron chi connectivity index (χ4n) is 1.58. The van der Waals surface area contributed by atoms with Crippen molar-refractivity contribution in [3.63, 3.8) is 0 Å². The number of hydrogen-bond donors (Lipinski definition) is 2. The SMILES string of the molecule is CC(C)(C)OC(=O)NC(CCCOS(C)(=O)=O)NC(=O)OC(C)(C)C.